The van der Waals surface area contributed by atoms with Crippen LogP contribution in [0.5, 0.6) is 0 Å². The lowest BCUT2D eigenvalue weighted by Crippen LogP contribution is -2.48. The van der Waals surface area contributed by atoms with E-state index in [1.165, 1.54) is 0 Å². The average molecular weight is 389 g/mol. The average Bonchev–Trinajstić information content (AvgIpc) is 3.06. The van der Waals surface area contributed by atoms with Crippen LogP contribution in [0.3, 0.4) is 0 Å². The largest absolute Gasteiger partial charge is 0.336 e. The van der Waals surface area contributed by atoms with Crippen LogP contribution in [0.4, 0.5) is 0 Å². The summed E-state index contributed by atoms with van der Waals surface area (Å²) < 4.78 is 2.03. The monoisotopic (exact) mass is 388 g/mol. The Bertz CT molecular complexity index is 915. The van der Waals surface area contributed by atoms with Gasteiger partial charge in [0, 0.05) is 50.7 Å². The first-order valence-corrected chi connectivity index (χ1v) is 9.25. The van der Waals surface area contributed by atoms with Gasteiger partial charge in [0.15, 0.2) is 0 Å². The molecule has 0 radical (unpaired) electrons. The number of imidazole rings is 1. The standard InChI is InChI=1S/C19H18Cl2N4O/c20-16-5-4-14(11-17(16)21)19(26)24-9-7-23(8-10-24)12-15-13-25-6-2-1-3-18(25)22-15/h1-6,11,13H,7-10,12H2. The summed E-state index contributed by atoms with van der Waals surface area (Å²) in [6.07, 6.45) is 4.06. The van der Waals surface area contributed by atoms with Crippen LogP contribution in [0.25, 0.3) is 5.65 Å². The maximum Gasteiger partial charge on any atom is 0.253 e. The molecule has 134 valence electrons. The molecule has 4 rings (SSSR count). The molecule has 1 aliphatic rings. The predicted octanol–water partition coefficient (Wildman–Crippen LogP) is 3.60. The molecule has 0 spiro atoms. The zero-order valence-corrected chi connectivity index (χ0v) is 15.6. The van der Waals surface area contributed by atoms with Gasteiger partial charge in [-0.05, 0) is 30.3 Å². The number of hydrogen-bond donors (Lipinski definition) is 0. The van der Waals surface area contributed by atoms with E-state index in [4.69, 9.17) is 23.2 Å². The van der Waals surface area contributed by atoms with E-state index < -0.39 is 0 Å². The number of pyridine rings is 1. The van der Waals surface area contributed by atoms with Crippen LogP contribution in [-0.4, -0.2) is 51.3 Å². The topological polar surface area (TPSA) is 40.9 Å². The third-order valence-electron chi connectivity index (χ3n) is 4.63. The fourth-order valence-electron chi connectivity index (χ4n) is 3.21. The molecular formula is C19H18Cl2N4O. The van der Waals surface area contributed by atoms with Crippen molar-refractivity contribution in [3.05, 3.63) is 70.1 Å². The van der Waals surface area contributed by atoms with Crippen molar-refractivity contribution in [2.45, 2.75) is 6.54 Å². The molecule has 1 aliphatic heterocycles. The lowest BCUT2D eigenvalue weighted by Gasteiger charge is -2.34. The minimum absolute atomic E-state index is 0.00375. The van der Waals surface area contributed by atoms with Crippen LogP contribution in [0.1, 0.15) is 16.1 Å². The van der Waals surface area contributed by atoms with Gasteiger partial charge < -0.3 is 9.30 Å². The Balaban J connectivity index is 1.37. The van der Waals surface area contributed by atoms with Gasteiger partial charge in [-0.2, -0.15) is 0 Å². The fourth-order valence-corrected chi connectivity index (χ4v) is 3.51. The molecule has 26 heavy (non-hydrogen) atoms. The molecule has 1 amide bonds. The number of fused-ring (bicyclic) bond motifs is 1. The molecule has 0 N–H and O–H groups in total. The third kappa shape index (κ3) is 3.56. The lowest BCUT2D eigenvalue weighted by molar-refractivity contribution is 0.0627. The highest BCUT2D eigenvalue weighted by Gasteiger charge is 2.23. The van der Waals surface area contributed by atoms with Gasteiger partial charge in [-0.15, -0.1) is 0 Å². The number of carbonyl (C=O) groups is 1. The van der Waals surface area contributed by atoms with Gasteiger partial charge in [-0.25, -0.2) is 4.98 Å². The summed E-state index contributed by atoms with van der Waals surface area (Å²) in [4.78, 5) is 21.5. The maximum absolute atomic E-state index is 12.6. The second kappa shape index (κ2) is 7.27. The molecule has 0 bridgehead atoms. The summed E-state index contributed by atoms with van der Waals surface area (Å²) in [7, 11) is 0. The normalized spacial score (nSPS) is 15.5. The lowest BCUT2D eigenvalue weighted by atomic mass is 10.2. The van der Waals surface area contributed by atoms with Crippen LogP contribution in [0.15, 0.2) is 48.8 Å². The molecule has 1 saturated heterocycles. The van der Waals surface area contributed by atoms with Gasteiger partial charge in [0.2, 0.25) is 0 Å². The number of nitrogens with zero attached hydrogens (tertiary/aromatic N) is 4. The van der Waals surface area contributed by atoms with E-state index in [-0.39, 0.29) is 5.91 Å². The van der Waals surface area contributed by atoms with Gasteiger partial charge >= 0.3 is 0 Å². The molecule has 2 aromatic heterocycles. The smallest absolute Gasteiger partial charge is 0.253 e. The van der Waals surface area contributed by atoms with Gasteiger partial charge in [-0.3, -0.25) is 9.69 Å². The van der Waals surface area contributed by atoms with Crippen molar-refractivity contribution in [2.24, 2.45) is 0 Å². The Morgan fingerprint density at radius 1 is 1.04 bits per heavy atom. The summed E-state index contributed by atoms with van der Waals surface area (Å²) in [5.41, 5.74) is 2.57. The minimum atomic E-state index is -0.00375. The van der Waals surface area contributed by atoms with Crippen LogP contribution in [-0.2, 0) is 6.54 Å². The fraction of sp³-hybridized carbons (Fsp3) is 0.263. The number of benzene rings is 1. The van der Waals surface area contributed by atoms with Crippen molar-refractivity contribution in [1.29, 1.82) is 0 Å². The van der Waals surface area contributed by atoms with Crippen molar-refractivity contribution in [3.63, 3.8) is 0 Å². The number of piperazine rings is 1. The molecule has 3 aromatic rings. The second-order valence-electron chi connectivity index (χ2n) is 6.40. The number of amides is 1. The summed E-state index contributed by atoms with van der Waals surface area (Å²) >= 11 is 11.9. The van der Waals surface area contributed by atoms with E-state index in [9.17, 15) is 4.79 Å². The molecule has 0 atom stereocenters. The summed E-state index contributed by atoms with van der Waals surface area (Å²) in [6.45, 7) is 3.80. The van der Waals surface area contributed by atoms with E-state index >= 15 is 0 Å². The third-order valence-corrected chi connectivity index (χ3v) is 5.36. The number of rotatable bonds is 3. The molecular weight excluding hydrogens is 371 g/mol. The van der Waals surface area contributed by atoms with Crippen LogP contribution >= 0.6 is 23.2 Å². The molecule has 0 aliphatic carbocycles. The highest BCUT2D eigenvalue weighted by molar-refractivity contribution is 6.42. The molecule has 0 unspecified atom stereocenters. The summed E-state index contributed by atoms with van der Waals surface area (Å²) in [5, 5.41) is 0.864. The number of carbonyl (C=O) groups excluding carboxylic acids is 1. The first-order chi connectivity index (χ1) is 12.6. The summed E-state index contributed by atoms with van der Waals surface area (Å²) in [6, 6.07) is 11.0. The van der Waals surface area contributed by atoms with Gasteiger partial charge in [0.1, 0.15) is 5.65 Å². The maximum atomic E-state index is 12.6. The predicted molar refractivity (Wildman–Crippen MR) is 103 cm³/mol. The van der Waals surface area contributed by atoms with Crippen molar-refractivity contribution in [2.75, 3.05) is 26.2 Å². The van der Waals surface area contributed by atoms with E-state index in [0.717, 1.165) is 31.0 Å². The second-order valence-corrected chi connectivity index (χ2v) is 7.21. The first kappa shape index (κ1) is 17.3. The first-order valence-electron chi connectivity index (χ1n) is 8.49. The van der Waals surface area contributed by atoms with Crippen molar-refractivity contribution < 1.29 is 4.79 Å². The van der Waals surface area contributed by atoms with E-state index in [2.05, 4.69) is 16.1 Å². The highest BCUT2D eigenvalue weighted by Crippen LogP contribution is 2.23. The van der Waals surface area contributed by atoms with Gasteiger partial charge in [0.25, 0.3) is 5.91 Å². The molecule has 5 nitrogen and oxygen atoms in total. The zero-order chi connectivity index (χ0) is 18.1. The van der Waals surface area contributed by atoms with Crippen LogP contribution < -0.4 is 0 Å². The molecule has 7 heteroatoms. The Kier molecular flexibility index (Phi) is 4.85. The Labute approximate surface area is 161 Å². The number of halogens is 2. The van der Waals surface area contributed by atoms with E-state index in [0.29, 0.717) is 28.7 Å². The number of aromatic nitrogens is 2. The SMILES string of the molecule is O=C(c1ccc(Cl)c(Cl)c1)N1CCN(Cc2cn3ccccc3n2)CC1. The van der Waals surface area contributed by atoms with Gasteiger partial charge in [0.05, 0.1) is 15.7 Å². The van der Waals surface area contributed by atoms with Crippen molar-refractivity contribution >= 4 is 34.8 Å². The van der Waals surface area contributed by atoms with Crippen molar-refractivity contribution in [3.8, 4) is 0 Å². The Morgan fingerprint density at radius 3 is 2.58 bits per heavy atom. The number of hydrogen-bond acceptors (Lipinski definition) is 3. The molecule has 3 heterocycles. The summed E-state index contributed by atoms with van der Waals surface area (Å²) in [5.74, 6) is -0.00375. The van der Waals surface area contributed by atoms with Crippen LogP contribution in [0, 0.1) is 0 Å². The minimum Gasteiger partial charge on any atom is -0.336 e. The highest BCUT2D eigenvalue weighted by atomic mass is 35.5. The molecule has 0 saturated carbocycles. The molecule has 1 aromatic carbocycles. The van der Waals surface area contributed by atoms with Gasteiger partial charge in [-0.1, -0.05) is 29.3 Å². The van der Waals surface area contributed by atoms with E-state index in [1.54, 1.807) is 18.2 Å². The zero-order valence-electron chi connectivity index (χ0n) is 14.1. The van der Waals surface area contributed by atoms with Crippen molar-refractivity contribution in [1.82, 2.24) is 19.2 Å². The van der Waals surface area contributed by atoms with E-state index in [1.807, 2.05) is 33.7 Å². The Hall–Kier alpha value is -2.08. The molecule has 1 fully saturated rings. The quantitative estimate of drug-likeness (QED) is 0.688. The Morgan fingerprint density at radius 2 is 1.85 bits per heavy atom. The van der Waals surface area contributed by atoms with Crippen LogP contribution in [0.2, 0.25) is 10.0 Å².